The molecule has 0 heterocycles. The molecule has 0 saturated carbocycles. The van der Waals surface area contributed by atoms with Crippen molar-refractivity contribution in [2.75, 3.05) is 7.05 Å². The van der Waals surface area contributed by atoms with Gasteiger partial charge in [0.15, 0.2) is 0 Å². The van der Waals surface area contributed by atoms with E-state index in [-0.39, 0.29) is 32.8 Å². The fourth-order valence-electron chi connectivity index (χ4n) is 0.866. The van der Waals surface area contributed by atoms with Crippen molar-refractivity contribution in [1.82, 2.24) is 0 Å². The molecule has 0 spiro atoms. The first-order chi connectivity index (χ1) is 6.79. The lowest BCUT2D eigenvalue weighted by atomic mass is 10.2. The summed E-state index contributed by atoms with van der Waals surface area (Å²) in [4.78, 5) is 24.1. The second-order valence-corrected chi connectivity index (χ2v) is 3.67. The number of carbonyl (C=O) groups excluding carboxylic acids is 2. The summed E-state index contributed by atoms with van der Waals surface area (Å²) in [6, 6.07) is 0. The number of rotatable bonds is 4. The van der Waals surface area contributed by atoms with Crippen LogP contribution in [0.4, 0.5) is 0 Å². The molecule has 0 aliphatic heterocycles. The summed E-state index contributed by atoms with van der Waals surface area (Å²) in [5, 5.41) is 0. The first-order valence-electron chi connectivity index (χ1n) is 4.85. The van der Waals surface area contributed by atoms with Crippen LogP contribution in [0.2, 0.25) is 0 Å². The van der Waals surface area contributed by atoms with Crippen molar-refractivity contribution < 1.29 is 9.59 Å². The maximum Gasteiger partial charge on any atom is 0.137 e. The molecule has 0 atom stereocenters. The predicted octanol–water partition coefficient (Wildman–Crippen LogP) is 3.87. The van der Waals surface area contributed by atoms with Gasteiger partial charge in [0.1, 0.15) is 11.6 Å². The van der Waals surface area contributed by atoms with Crippen LogP contribution >= 0.6 is 0 Å². The number of ketones is 2. The third-order valence-electron chi connectivity index (χ3n) is 1.44. The van der Waals surface area contributed by atoms with E-state index in [9.17, 15) is 9.59 Å². The maximum absolute atomic E-state index is 10.0. The van der Waals surface area contributed by atoms with E-state index in [0.29, 0.717) is 0 Å². The van der Waals surface area contributed by atoms with Crippen molar-refractivity contribution in [3.63, 3.8) is 0 Å². The van der Waals surface area contributed by atoms with E-state index in [1.54, 1.807) is 7.05 Å². The zero-order valence-corrected chi connectivity index (χ0v) is 10.4. The number of hydrogen-bond acceptors (Lipinski definition) is 3. The topological polar surface area (TPSA) is 46.5 Å². The fraction of sp³-hybridized carbons (Fsp3) is 0.643. The Morgan fingerprint density at radius 3 is 1.35 bits per heavy atom. The van der Waals surface area contributed by atoms with Gasteiger partial charge in [0.2, 0.25) is 0 Å². The summed E-state index contributed by atoms with van der Waals surface area (Å²) >= 11 is 0. The maximum atomic E-state index is 10.0. The first kappa shape index (κ1) is 24.8. The van der Waals surface area contributed by atoms with Crippen LogP contribution in [0.1, 0.15) is 55.4 Å². The zero-order valence-electron chi connectivity index (χ0n) is 10.4. The van der Waals surface area contributed by atoms with Gasteiger partial charge in [-0.05, 0) is 27.7 Å². The van der Waals surface area contributed by atoms with Crippen molar-refractivity contribution in [1.29, 1.82) is 0 Å². The molecule has 0 rings (SSSR count). The van der Waals surface area contributed by atoms with Crippen molar-refractivity contribution in [2.24, 2.45) is 4.99 Å². The minimum absolute atomic E-state index is 0. The highest BCUT2D eigenvalue weighted by Gasteiger charge is 1.94. The van der Waals surface area contributed by atoms with Crippen LogP contribution < -0.4 is 0 Å². The summed E-state index contributed by atoms with van der Waals surface area (Å²) in [5.74, 6) is -0.125. The van der Waals surface area contributed by atoms with Crippen molar-refractivity contribution in [2.45, 2.75) is 55.4 Å². The van der Waals surface area contributed by atoms with E-state index >= 15 is 0 Å². The molecule has 3 heteroatoms. The molecule has 0 amide bonds. The molecule has 0 saturated heterocycles. The largest absolute Gasteiger partial charge is 0.300 e. The molecule has 17 heavy (non-hydrogen) atoms. The Bertz CT molecular complexity index is 253. The van der Waals surface area contributed by atoms with Crippen LogP contribution in [0, 0.1) is 0 Å². The molecule has 0 radical (unpaired) electrons. The number of allylic oxidation sites excluding steroid dienone is 1. The van der Waals surface area contributed by atoms with Crippen molar-refractivity contribution in [3.8, 4) is 0 Å². The quantitative estimate of drug-likeness (QED) is 0.427. The minimum atomic E-state index is -0.0625. The van der Waals surface area contributed by atoms with Crippen LogP contribution in [0.25, 0.3) is 0 Å². The molecule has 0 unspecified atom stereocenters. The highest BCUT2D eigenvalue weighted by molar-refractivity contribution is 5.96. The summed E-state index contributed by atoms with van der Waals surface area (Å²) < 4.78 is 0. The number of Topliss-reactive ketones (excluding diaryl/α,β-unsaturated/α-hetero) is 2. The Hall–Kier alpha value is -1.25. The second-order valence-electron chi connectivity index (χ2n) is 3.67. The Morgan fingerprint density at radius 2 is 1.29 bits per heavy atom. The van der Waals surface area contributed by atoms with Gasteiger partial charge in [0.25, 0.3) is 0 Å². The van der Waals surface area contributed by atoms with E-state index in [1.807, 2.05) is 13.8 Å². The smallest absolute Gasteiger partial charge is 0.137 e. The van der Waals surface area contributed by atoms with Gasteiger partial charge in [0, 0.05) is 19.2 Å². The molecule has 0 aromatic heterocycles. The van der Waals surface area contributed by atoms with Crippen molar-refractivity contribution in [3.05, 3.63) is 12.2 Å². The van der Waals surface area contributed by atoms with Crippen LogP contribution in [-0.4, -0.2) is 24.3 Å². The molecule has 3 nitrogen and oxygen atoms in total. The van der Waals surface area contributed by atoms with E-state index < -0.39 is 0 Å². The van der Waals surface area contributed by atoms with Crippen LogP contribution in [-0.2, 0) is 9.59 Å². The zero-order chi connectivity index (χ0) is 12.4. The van der Waals surface area contributed by atoms with E-state index in [2.05, 4.69) is 11.6 Å². The summed E-state index contributed by atoms with van der Waals surface area (Å²) in [7, 11) is 1.80. The Balaban J connectivity index is -0.0000000896. The van der Waals surface area contributed by atoms with Gasteiger partial charge >= 0.3 is 0 Å². The average molecular weight is 243 g/mol. The van der Waals surface area contributed by atoms with Gasteiger partial charge < -0.3 is 0 Å². The second kappa shape index (κ2) is 14.8. The molecule has 0 fully saturated rings. The Kier molecular flexibility index (Phi) is 21.5. The molecule has 0 N–H and O–H groups in total. The standard InChI is InChI=1S/C7H13N.C5H8O2.2CH4/c1-6(2)5-7(3)8-4;1-4(6)3-5(2)7;;/h1,5H2,2-4H3;3H2,1-2H3;2*1H4. The highest BCUT2D eigenvalue weighted by Crippen LogP contribution is 1.96. The van der Waals surface area contributed by atoms with Gasteiger partial charge in [0.05, 0.1) is 6.42 Å². The van der Waals surface area contributed by atoms with E-state index in [4.69, 9.17) is 0 Å². The molecule has 0 aliphatic carbocycles. The van der Waals surface area contributed by atoms with Gasteiger partial charge in [-0.2, -0.15) is 0 Å². The number of aliphatic imine (C=N–C) groups is 1. The molecule has 0 aromatic carbocycles. The SMILES string of the molecule is C.C.C=C(C)CC(C)=NC.CC(=O)CC(C)=O. The Labute approximate surface area is 107 Å². The Morgan fingerprint density at radius 1 is 0.941 bits per heavy atom. The molecule has 0 bridgehead atoms. The van der Waals surface area contributed by atoms with E-state index in [1.165, 1.54) is 19.4 Å². The summed E-state index contributed by atoms with van der Waals surface area (Å²) in [6.07, 6.45) is 1.02. The molecule has 0 aliphatic rings. The molecular weight excluding hydrogens is 214 g/mol. The van der Waals surface area contributed by atoms with Gasteiger partial charge in [-0.1, -0.05) is 27.0 Å². The lowest BCUT2D eigenvalue weighted by Gasteiger charge is -1.94. The minimum Gasteiger partial charge on any atom is -0.300 e. The van der Waals surface area contributed by atoms with Gasteiger partial charge in [-0.3, -0.25) is 14.6 Å². The number of hydrogen-bond donors (Lipinski definition) is 0. The van der Waals surface area contributed by atoms with E-state index in [0.717, 1.165) is 12.1 Å². The molecular formula is C14H29NO2. The van der Waals surface area contributed by atoms with Crippen LogP contribution in [0.5, 0.6) is 0 Å². The summed E-state index contributed by atoms with van der Waals surface area (Å²) in [5.41, 5.74) is 2.32. The molecule has 0 aromatic rings. The number of carbonyl (C=O) groups is 2. The highest BCUT2D eigenvalue weighted by atomic mass is 16.1. The molecule has 102 valence electrons. The monoisotopic (exact) mass is 243 g/mol. The third-order valence-corrected chi connectivity index (χ3v) is 1.44. The third kappa shape index (κ3) is 31.3. The van der Waals surface area contributed by atoms with Crippen LogP contribution in [0.15, 0.2) is 17.1 Å². The lowest BCUT2D eigenvalue weighted by Crippen LogP contribution is -1.97. The first-order valence-corrected chi connectivity index (χ1v) is 4.85. The van der Waals surface area contributed by atoms with Crippen LogP contribution in [0.3, 0.4) is 0 Å². The fourth-order valence-corrected chi connectivity index (χ4v) is 0.866. The average Bonchev–Trinajstić information content (AvgIpc) is 2.01. The van der Waals surface area contributed by atoms with Gasteiger partial charge in [-0.25, -0.2) is 0 Å². The van der Waals surface area contributed by atoms with Crippen molar-refractivity contribution >= 4 is 17.3 Å². The predicted molar refractivity (Wildman–Crippen MR) is 77.9 cm³/mol. The summed E-state index contributed by atoms with van der Waals surface area (Å²) in [6.45, 7) is 10.6. The van der Waals surface area contributed by atoms with Gasteiger partial charge in [-0.15, -0.1) is 0 Å². The normalized spacial score (nSPS) is 8.88. The lowest BCUT2D eigenvalue weighted by molar-refractivity contribution is -0.124. The number of nitrogens with zero attached hydrogens (tertiary/aromatic N) is 1.